The summed E-state index contributed by atoms with van der Waals surface area (Å²) in [5.41, 5.74) is -0.220. The Morgan fingerprint density at radius 1 is 1.39 bits per heavy atom. The van der Waals surface area contributed by atoms with Crippen molar-refractivity contribution in [3.63, 3.8) is 0 Å². The molecule has 1 aromatic heterocycles. The molecule has 0 aliphatic carbocycles. The van der Waals surface area contributed by atoms with Crippen LogP contribution in [0.25, 0.3) is 0 Å². The summed E-state index contributed by atoms with van der Waals surface area (Å²) in [6.07, 6.45) is 4.92. The van der Waals surface area contributed by atoms with Crippen LogP contribution in [-0.4, -0.2) is 72.7 Å². The van der Waals surface area contributed by atoms with Gasteiger partial charge in [-0.15, -0.1) is 11.3 Å². The number of β-amino-alcohol motifs (C(OH)–C–C–N with tert-alkyl or cyclic N) is 1. The van der Waals surface area contributed by atoms with Crippen molar-refractivity contribution in [2.45, 2.75) is 25.8 Å². The lowest BCUT2D eigenvalue weighted by molar-refractivity contribution is -0.146. The fraction of sp³-hybridized carbons (Fsp3) is 0.750. The van der Waals surface area contributed by atoms with Crippen molar-refractivity contribution in [2.24, 2.45) is 5.41 Å². The van der Waals surface area contributed by atoms with Crippen LogP contribution in [-0.2, 0) is 11.3 Å². The molecule has 7 heteroatoms. The Labute approximate surface area is 141 Å². The fourth-order valence-electron chi connectivity index (χ4n) is 3.76. The summed E-state index contributed by atoms with van der Waals surface area (Å²) in [6.45, 7) is 4.00. The Hall–Kier alpha value is -1.18. The van der Waals surface area contributed by atoms with Crippen LogP contribution in [0.5, 0.6) is 0 Å². The first-order valence-corrected chi connectivity index (χ1v) is 9.10. The number of rotatable bonds is 5. The lowest BCUT2D eigenvalue weighted by Crippen LogP contribution is -2.50. The van der Waals surface area contributed by atoms with Crippen LogP contribution in [0, 0.1) is 5.41 Å². The molecule has 1 spiro atoms. The Bertz CT molecular complexity index is 560. The second-order valence-electron chi connectivity index (χ2n) is 6.86. The predicted molar refractivity (Wildman–Crippen MR) is 91.7 cm³/mol. The van der Waals surface area contributed by atoms with E-state index in [0.29, 0.717) is 6.54 Å². The zero-order chi connectivity index (χ0) is 16.4. The largest absolute Gasteiger partial charge is 0.395 e. The molecule has 0 saturated carbocycles. The number of anilines is 1. The minimum Gasteiger partial charge on any atom is -0.395 e. The maximum Gasteiger partial charge on any atom is 0.230 e. The molecule has 2 aliphatic heterocycles. The van der Waals surface area contributed by atoms with Gasteiger partial charge >= 0.3 is 0 Å². The quantitative estimate of drug-likeness (QED) is 0.868. The lowest BCUT2D eigenvalue weighted by atomic mass is 9.78. The van der Waals surface area contributed by atoms with Crippen LogP contribution in [0.4, 0.5) is 5.13 Å². The molecule has 1 N–H and O–H groups in total. The highest BCUT2D eigenvalue weighted by Crippen LogP contribution is 2.40. The van der Waals surface area contributed by atoms with E-state index in [-0.39, 0.29) is 17.9 Å². The topological polar surface area (TPSA) is 59.9 Å². The highest BCUT2D eigenvalue weighted by atomic mass is 32.1. The first-order chi connectivity index (χ1) is 11.0. The lowest BCUT2D eigenvalue weighted by Gasteiger charge is -2.39. The van der Waals surface area contributed by atoms with Gasteiger partial charge in [0.25, 0.3) is 0 Å². The van der Waals surface area contributed by atoms with Crippen LogP contribution in [0.1, 0.15) is 24.1 Å². The maximum atomic E-state index is 12.8. The van der Waals surface area contributed by atoms with Gasteiger partial charge in [-0.2, -0.15) is 0 Å². The SMILES string of the molecule is CN(C)c1ncc(CN2CC[C@]3(CCCN(CCO)C3=O)C2)s1. The average molecular weight is 338 g/mol. The van der Waals surface area contributed by atoms with E-state index >= 15 is 0 Å². The van der Waals surface area contributed by atoms with Crippen molar-refractivity contribution in [3.05, 3.63) is 11.1 Å². The third-order valence-corrected chi connectivity index (χ3v) is 6.08. The number of hydrogen-bond donors (Lipinski definition) is 1. The van der Waals surface area contributed by atoms with Gasteiger partial charge in [-0.25, -0.2) is 4.98 Å². The molecule has 0 bridgehead atoms. The monoisotopic (exact) mass is 338 g/mol. The zero-order valence-corrected chi connectivity index (χ0v) is 14.8. The van der Waals surface area contributed by atoms with Crippen LogP contribution in [0.2, 0.25) is 0 Å². The summed E-state index contributed by atoms with van der Waals surface area (Å²) in [5, 5.41) is 10.2. The van der Waals surface area contributed by atoms with E-state index in [0.717, 1.165) is 50.6 Å². The van der Waals surface area contributed by atoms with Gasteiger partial charge in [0, 0.05) is 51.3 Å². The van der Waals surface area contributed by atoms with Gasteiger partial charge in [-0.05, 0) is 25.8 Å². The molecule has 3 heterocycles. The number of likely N-dealkylation sites (tertiary alicyclic amines) is 2. The van der Waals surface area contributed by atoms with E-state index in [2.05, 4.69) is 9.88 Å². The molecule has 23 heavy (non-hydrogen) atoms. The summed E-state index contributed by atoms with van der Waals surface area (Å²) >= 11 is 1.72. The minimum absolute atomic E-state index is 0.0553. The zero-order valence-electron chi connectivity index (χ0n) is 14.0. The Balaban J connectivity index is 1.64. The van der Waals surface area contributed by atoms with Gasteiger partial charge in [0.15, 0.2) is 5.13 Å². The standard InChI is InChI=1S/C16H26N4O2S/c1-18(2)15-17-10-13(23-15)11-19-7-5-16(12-19)4-3-6-20(8-9-21)14(16)22/h10,21H,3-9,11-12H2,1-2H3/t16-/m1/s1. The molecule has 1 atom stereocenters. The molecular formula is C16H26N4O2S. The highest BCUT2D eigenvalue weighted by molar-refractivity contribution is 7.15. The van der Waals surface area contributed by atoms with Crippen molar-refractivity contribution >= 4 is 22.4 Å². The van der Waals surface area contributed by atoms with E-state index in [1.54, 1.807) is 11.3 Å². The normalized spacial score (nSPS) is 25.5. The van der Waals surface area contributed by atoms with Crippen LogP contribution >= 0.6 is 11.3 Å². The first-order valence-electron chi connectivity index (χ1n) is 8.29. The number of aromatic nitrogens is 1. The Morgan fingerprint density at radius 3 is 2.91 bits per heavy atom. The number of piperidine rings is 1. The number of nitrogens with zero attached hydrogens (tertiary/aromatic N) is 4. The number of carbonyl (C=O) groups excluding carboxylic acids is 1. The Kier molecular flexibility index (Phi) is 4.89. The molecule has 1 amide bonds. The van der Waals surface area contributed by atoms with Gasteiger partial charge in [0.1, 0.15) is 0 Å². The van der Waals surface area contributed by atoms with Gasteiger partial charge in [-0.1, -0.05) is 0 Å². The van der Waals surface area contributed by atoms with E-state index in [1.165, 1.54) is 4.88 Å². The average Bonchev–Trinajstić information content (AvgIpc) is 3.13. The van der Waals surface area contributed by atoms with E-state index in [4.69, 9.17) is 5.11 Å². The molecule has 0 radical (unpaired) electrons. The summed E-state index contributed by atoms with van der Waals surface area (Å²) in [7, 11) is 4.01. The van der Waals surface area contributed by atoms with Gasteiger partial charge in [0.2, 0.25) is 5.91 Å². The second kappa shape index (κ2) is 6.75. The molecule has 2 fully saturated rings. The van der Waals surface area contributed by atoms with Gasteiger partial charge in [-0.3, -0.25) is 9.69 Å². The number of carbonyl (C=O) groups is 1. The summed E-state index contributed by atoms with van der Waals surface area (Å²) in [4.78, 5) is 24.7. The minimum atomic E-state index is -0.220. The molecule has 6 nitrogen and oxygen atoms in total. The third-order valence-electron chi connectivity index (χ3n) is 4.93. The van der Waals surface area contributed by atoms with E-state index < -0.39 is 0 Å². The van der Waals surface area contributed by atoms with Crippen molar-refractivity contribution in [1.82, 2.24) is 14.8 Å². The van der Waals surface area contributed by atoms with Crippen LogP contribution in [0.3, 0.4) is 0 Å². The molecule has 2 aliphatic rings. The first kappa shape index (κ1) is 16.7. The number of amides is 1. The smallest absolute Gasteiger partial charge is 0.230 e. The molecule has 0 unspecified atom stereocenters. The molecule has 128 valence electrons. The summed E-state index contributed by atoms with van der Waals surface area (Å²) in [6, 6.07) is 0. The summed E-state index contributed by atoms with van der Waals surface area (Å²) in [5.74, 6) is 0.249. The fourth-order valence-corrected chi connectivity index (χ4v) is 4.63. The van der Waals surface area contributed by atoms with Crippen molar-refractivity contribution < 1.29 is 9.90 Å². The van der Waals surface area contributed by atoms with Crippen molar-refractivity contribution in [2.75, 3.05) is 51.8 Å². The molecule has 0 aromatic carbocycles. The summed E-state index contributed by atoms with van der Waals surface area (Å²) < 4.78 is 0. The number of thiazole rings is 1. The van der Waals surface area contributed by atoms with Crippen LogP contribution < -0.4 is 4.90 Å². The third kappa shape index (κ3) is 3.36. The number of aliphatic hydroxyl groups is 1. The Morgan fingerprint density at radius 2 is 2.22 bits per heavy atom. The van der Waals surface area contributed by atoms with Crippen molar-refractivity contribution in [1.29, 1.82) is 0 Å². The molecule has 3 rings (SSSR count). The van der Waals surface area contributed by atoms with Gasteiger partial charge < -0.3 is 14.9 Å². The highest BCUT2D eigenvalue weighted by Gasteiger charge is 2.48. The van der Waals surface area contributed by atoms with Crippen molar-refractivity contribution in [3.8, 4) is 0 Å². The van der Waals surface area contributed by atoms with E-state index in [1.807, 2.05) is 30.1 Å². The van der Waals surface area contributed by atoms with Crippen LogP contribution in [0.15, 0.2) is 6.20 Å². The number of aliphatic hydroxyl groups excluding tert-OH is 1. The molecular weight excluding hydrogens is 312 g/mol. The maximum absolute atomic E-state index is 12.8. The predicted octanol–water partition coefficient (Wildman–Crippen LogP) is 1.02. The second-order valence-corrected chi connectivity index (χ2v) is 7.96. The van der Waals surface area contributed by atoms with E-state index in [9.17, 15) is 4.79 Å². The number of hydrogen-bond acceptors (Lipinski definition) is 6. The molecule has 1 aromatic rings. The molecule has 2 saturated heterocycles. The van der Waals surface area contributed by atoms with Gasteiger partial charge in [0.05, 0.1) is 12.0 Å².